The van der Waals surface area contributed by atoms with E-state index >= 15 is 0 Å². The Morgan fingerprint density at radius 1 is 1.45 bits per heavy atom. The van der Waals surface area contributed by atoms with E-state index in [2.05, 4.69) is 4.98 Å². The molecule has 1 aromatic carbocycles. The Morgan fingerprint density at radius 2 is 2.27 bits per heavy atom. The van der Waals surface area contributed by atoms with E-state index in [1.54, 1.807) is 16.2 Å². The van der Waals surface area contributed by atoms with Crippen molar-refractivity contribution in [2.24, 2.45) is 0 Å². The molecule has 0 bridgehead atoms. The lowest BCUT2D eigenvalue weighted by atomic mass is 10.0. The quantitative estimate of drug-likeness (QED) is 0.805. The van der Waals surface area contributed by atoms with Gasteiger partial charge >= 0.3 is 6.09 Å². The fraction of sp³-hybridized carbons (Fsp3) is 0.500. The van der Waals surface area contributed by atoms with Gasteiger partial charge in [0.25, 0.3) is 0 Å². The number of benzene rings is 1. The van der Waals surface area contributed by atoms with E-state index in [9.17, 15) is 4.79 Å². The van der Waals surface area contributed by atoms with Gasteiger partial charge in [-0.05, 0) is 38.5 Å². The predicted octanol–water partition coefficient (Wildman–Crippen LogP) is 3.60. The number of hydrogen-bond donors (Lipinski definition) is 0. The SMILES string of the molecule is CC(C)(C)OC(=O)N1CCOCC1c1ccc2scnc2c1. The molecule has 1 aromatic heterocycles. The molecule has 0 spiro atoms. The minimum atomic E-state index is -0.501. The van der Waals surface area contributed by atoms with Crippen LogP contribution in [0, 0.1) is 0 Å². The summed E-state index contributed by atoms with van der Waals surface area (Å²) in [6.07, 6.45) is -0.292. The van der Waals surface area contributed by atoms with Crippen LogP contribution >= 0.6 is 11.3 Å². The Morgan fingerprint density at radius 3 is 3.05 bits per heavy atom. The van der Waals surface area contributed by atoms with E-state index in [-0.39, 0.29) is 12.1 Å². The minimum absolute atomic E-state index is 0.130. The summed E-state index contributed by atoms with van der Waals surface area (Å²) in [4.78, 5) is 18.5. The van der Waals surface area contributed by atoms with Crippen molar-refractivity contribution in [3.8, 4) is 0 Å². The number of amides is 1. The summed E-state index contributed by atoms with van der Waals surface area (Å²) in [5.74, 6) is 0. The van der Waals surface area contributed by atoms with E-state index in [4.69, 9.17) is 9.47 Å². The molecule has 1 aliphatic rings. The number of ether oxygens (including phenoxy) is 2. The van der Waals surface area contributed by atoms with Crippen LogP contribution in [0.1, 0.15) is 32.4 Å². The van der Waals surface area contributed by atoms with Gasteiger partial charge in [0.15, 0.2) is 0 Å². The molecular weight excluding hydrogens is 300 g/mol. The number of carbonyl (C=O) groups is 1. The highest BCUT2D eigenvalue weighted by Crippen LogP contribution is 2.29. The number of carbonyl (C=O) groups excluding carboxylic acids is 1. The van der Waals surface area contributed by atoms with Crippen LogP contribution in [0.4, 0.5) is 4.79 Å². The second kappa shape index (κ2) is 5.85. The van der Waals surface area contributed by atoms with Crippen LogP contribution in [0.25, 0.3) is 10.2 Å². The van der Waals surface area contributed by atoms with Crippen LogP contribution in [0.15, 0.2) is 23.7 Å². The maximum Gasteiger partial charge on any atom is 0.410 e. The van der Waals surface area contributed by atoms with Gasteiger partial charge in [0.05, 0.1) is 35.0 Å². The second-order valence-corrected chi connectivity index (χ2v) is 7.23. The molecule has 2 aromatic rings. The van der Waals surface area contributed by atoms with E-state index in [1.807, 2.05) is 44.5 Å². The molecule has 118 valence electrons. The van der Waals surface area contributed by atoms with Crippen LogP contribution in [0.3, 0.4) is 0 Å². The standard InChI is InChI=1S/C16H20N2O3S/c1-16(2,3)21-15(19)18-6-7-20-9-13(18)11-4-5-14-12(8-11)17-10-22-14/h4-5,8,10,13H,6-7,9H2,1-3H3. The number of hydrogen-bond acceptors (Lipinski definition) is 5. The largest absolute Gasteiger partial charge is 0.444 e. The normalized spacial score (nSPS) is 19.4. The van der Waals surface area contributed by atoms with Gasteiger partial charge in [-0.15, -0.1) is 11.3 Å². The summed E-state index contributed by atoms with van der Waals surface area (Å²) < 4.78 is 12.2. The number of fused-ring (bicyclic) bond motifs is 1. The van der Waals surface area contributed by atoms with Crippen molar-refractivity contribution >= 4 is 27.6 Å². The number of aromatic nitrogens is 1. The molecule has 0 radical (unpaired) electrons. The smallest absolute Gasteiger partial charge is 0.410 e. The topological polar surface area (TPSA) is 51.7 Å². The van der Waals surface area contributed by atoms with Crippen molar-refractivity contribution in [2.75, 3.05) is 19.8 Å². The Balaban J connectivity index is 1.86. The summed E-state index contributed by atoms with van der Waals surface area (Å²) in [6.45, 7) is 7.18. The summed E-state index contributed by atoms with van der Waals surface area (Å²) in [5.41, 5.74) is 3.32. The van der Waals surface area contributed by atoms with Crippen LogP contribution < -0.4 is 0 Å². The first-order chi connectivity index (χ1) is 10.4. The molecule has 1 amide bonds. The van der Waals surface area contributed by atoms with Gasteiger partial charge in [0.1, 0.15) is 5.60 Å². The highest BCUT2D eigenvalue weighted by molar-refractivity contribution is 7.16. The van der Waals surface area contributed by atoms with Crippen molar-refractivity contribution in [3.63, 3.8) is 0 Å². The van der Waals surface area contributed by atoms with E-state index in [0.717, 1.165) is 15.8 Å². The lowest BCUT2D eigenvalue weighted by Gasteiger charge is -2.36. The summed E-state index contributed by atoms with van der Waals surface area (Å²) in [6, 6.07) is 5.99. The molecule has 0 saturated carbocycles. The van der Waals surface area contributed by atoms with Gasteiger partial charge in [-0.2, -0.15) is 0 Å². The number of nitrogens with zero attached hydrogens (tertiary/aromatic N) is 2. The number of morpholine rings is 1. The van der Waals surface area contributed by atoms with E-state index in [1.165, 1.54) is 0 Å². The van der Waals surface area contributed by atoms with Crippen molar-refractivity contribution in [2.45, 2.75) is 32.4 Å². The maximum absolute atomic E-state index is 12.4. The van der Waals surface area contributed by atoms with Crippen molar-refractivity contribution < 1.29 is 14.3 Å². The zero-order valence-corrected chi connectivity index (χ0v) is 13.9. The molecule has 1 saturated heterocycles. The zero-order chi connectivity index (χ0) is 15.7. The lowest BCUT2D eigenvalue weighted by molar-refractivity contribution is -0.0330. The number of rotatable bonds is 1. The molecule has 0 N–H and O–H groups in total. The van der Waals surface area contributed by atoms with Crippen LogP contribution in [0.2, 0.25) is 0 Å². The molecule has 1 aliphatic heterocycles. The molecule has 1 unspecified atom stereocenters. The average molecular weight is 320 g/mol. The van der Waals surface area contributed by atoms with Gasteiger partial charge in [0.2, 0.25) is 0 Å². The van der Waals surface area contributed by atoms with Gasteiger partial charge in [-0.25, -0.2) is 9.78 Å². The molecule has 6 heteroatoms. The molecule has 3 rings (SSSR count). The van der Waals surface area contributed by atoms with Gasteiger partial charge in [-0.1, -0.05) is 6.07 Å². The summed E-state index contributed by atoms with van der Waals surface area (Å²) >= 11 is 1.61. The van der Waals surface area contributed by atoms with Crippen LogP contribution in [-0.4, -0.2) is 41.3 Å². The van der Waals surface area contributed by atoms with E-state index in [0.29, 0.717) is 19.8 Å². The lowest BCUT2D eigenvalue weighted by Crippen LogP contribution is -2.45. The molecule has 1 fully saturated rings. The highest BCUT2D eigenvalue weighted by Gasteiger charge is 2.32. The maximum atomic E-state index is 12.4. The van der Waals surface area contributed by atoms with Gasteiger partial charge in [0, 0.05) is 6.54 Å². The van der Waals surface area contributed by atoms with Crippen molar-refractivity contribution in [1.82, 2.24) is 9.88 Å². The Bertz CT molecular complexity index is 677. The fourth-order valence-corrected chi connectivity index (χ4v) is 3.16. The molecular formula is C16H20N2O3S. The van der Waals surface area contributed by atoms with Gasteiger partial charge < -0.3 is 9.47 Å². The predicted molar refractivity (Wildman–Crippen MR) is 86.1 cm³/mol. The highest BCUT2D eigenvalue weighted by atomic mass is 32.1. The summed E-state index contributed by atoms with van der Waals surface area (Å²) in [7, 11) is 0. The molecule has 22 heavy (non-hydrogen) atoms. The molecule has 1 atom stereocenters. The van der Waals surface area contributed by atoms with E-state index < -0.39 is 5.60 Å². The van der Waals surface area contributed by atoms with Crippen LogP contribution in [0.5, 0.6) is 0 Å². The Kier molecular flexibility index (Phi) is 4.06. The Labute approximate surface area is 133 Å². The van der Waals surface area contributed by atoms with Crippen molar-refractivity contribution in [1.29, 1.82) is 0 Å². The first-order valence-electron chi connectivity index (χ1n) is 7.34. The third-order valence-corrected chi connectivity index (χ3v) is 4.31. The van der Waals surface area contributed by atoms with Gasteiger partial charge in [-0.3, -0.25) is 4.90 Å². The third kappa shape index (κ3) is 3.23. The minimum Gasteiger partial charge on any atom is -0.444 e. The summed E-state index contributed by atoms with van der Waals surface area (Å²) in [5, 5.41) is 0. The number of thiazole rings is 1. The van der Waals surface area contributed by atoms with Crippen molar-refractivity contribution in [3.05, 3.63) is 29.3 Å². The molecule has 0 aliphatic carbocycles. The third-order valence-electron chi connectivity index (χ3n) is 3.50. The average Bonchev–Trinajstić information content (AvgIpc) is 2.92. The fourth-order valence-electron chi connectivity index (χ4n) is 2.50. The monoisotopic (exact) mass is 320 g/mol. The zero-order valence-electron chi connectivity index (χ0n) is 13.0. The first-order valence-corrected chi connectivity index (χ1v) is 8.22. The Hall–Kier alpha value is -1.66. The first kappa shape index (κ1) is 15.2. The second-order valence-electron chi connectivity index (χ2n) is 6.34. The molecule has 5 nitrogen and oxygen atoms in total. The van der Waals surface area contributed by atoms with Crippen LogP contribution in [-0.2, 0) is 9.47 Å². The molecule has 2 heterocycles.